The third kappa shape index (κ3) is 2.62. The van der Waals surface area contributed by atoms with Crippen LogP contribution in [-0.2, 0) is 6.18 Å². The number of carbonyl (C=O) groups is 1. The first-order valence-corrected chi connectivity index (χ1v) is 5.20. The fraction of sp³-hybridized carbons (Fsp3) is 0.0769. The van der Waals surface area contributed by atoms with Crippen molar-refractivity contribution in [1.82, 2.24) is 4.98 Å². The van der Waals surface area contributed by atoms with Gasteiger partial charge < -0.3 is 0 Å². The molecule has 0 radical (unpaired) electrons. The van der Waals surface area contributed by atoms with E-state index in [1.54, 1.807) is 0 Å². The minimum atomic E-state index is -4.62. The Labute approximate surface area is 105 Å². The van der Waals surface area contributed by atoms with Crippen molar-refractivity contribution in [1.29, 1.82) is 0 Å². The molecule has 2 aromatic rings. The highest BCUT2D eigenvalue weighted by molar-refractivity contribution is 5.79. The van der Waals surface area contributed by atoms with E-state index in [9.17, 15) is 22.4 Å². The van der Waals surface area contributed by atoms with Gasteiger partial charge in [-0.15, -0.1) is 0 Å². The number of carbonyl (C=O) groups excluding carboxylic acids is 1. The van der Waals surface area contributed by atoms with Crippen LogP contribution in [0.1, 0.15) is 15.9 Å². The van der Waals surface area contributed by atoms with E-state index >= 15 is 0 Å². The number of nitrogens with zero attached hydrogens (tertiary/aromatic N) is 1. The molecule has 0 aliphatic heterocycles. The average Bonchev–Trinajstić information content (AvgIpc) is 2.38. The minimum Gasteiger partial charge on any atom is -0.298 e. The Morgan fingerprint density at radius 2 is 1.84 bits per heavy atom. The quantitative estimate of drug-likeness (QED) is 0.614. The van der Waals surface area contributed by atoms with Crippen molar-refractivity contribution in [3.63, 3.8) is 0 Å². The van der Waals surface area contributed by atoms with Crippen LogP contribution in [0.4, 0.5) is 17.6 Å². The molecule has 0 saturated heterocycles. The fourth-order valence-electron chi connectivity index (χ4n) is 1.68. The lowest BCUT2D eigenvalue weighted by atomic mass is 9.99. The van der Waals surface area contributed by atoms with Gasteiger partial charge in [0, 0.05) is 29.1 Å². The Morgan fingerprint density at radius 3 is 2.47 bits per heavy atom. The van der Waals surface area contributed by atoms with Crippen molar-refractivity contribution < 1.29 is 22.4 Å². The van der Waals surface area contributed by atoms with Crippen molar-refractivity contribution in [2.24, 2.45) is 0 Å². The highest BCUT2D eigenvalue weighted by Crippen LogP contribution is 2.37. The van der Waals surface area contributed by atoms with E-state index < -0.39 is 23.1 Å². The summed E-state index contributed by atoms with van der Waals surface area (Å²) in [6.07, 6.45) is -2.28. The SMILES string of the molecule is O=Cc1ccc(F)c(-c2cnccc2C(F)(F)F)c1. The zero-order valence-corrected chi connectivity index (χ0v) is 9.41. The van der Waals surface area contributed by atoms with Crippen LogP contribution in [0.15, 0.2) is 36.7 Å². The largest absolute Gasteiger partial charge is 0.417 e. The van der Waals surface area contributed by atoms with Gasteiger partial charge in [0.05, 0.1) is 5.56 Å². The number of hydrogen-bond donors (Lipinski definition) is 0. The van der Waals surface area contributed by atoms with Crippen molar-refractivity contribution >= 4 is 6.29 Å². The molecule has 2 nitrogen and oxygen atoms in total. The van der Waals surface area contributed by atoms with Crippen LogP contribution in [0.2, 0.25) is 0 Å². The molecule has 1 aromatic heterocycles. The van der Waals surface area contributed by atoms with Gasteiger partial charge in [-0.25, -0.2) is 4.39 Å². The summed E-state index contributed by atoms with van der Waals surface area (Å²) in [6.45, 7) is 0. The molecule has 0 aliphatic carbocycles. The summed E-state index contributed by atoms with van der Waals surface area (Å²) < 4.78 is 52.1. The molecule has 0 N–H and O–H groups in total. The molecule has 0 fully saturated rings. The van der Waals surface area contributed by atoms with Crippen molar-refractivity contribution in [2.75, 3.05) is 0 Å². The van der Waals surface area contributed by atoms with Gasteiger partial charge in [0.15, 0.2) is 0 Å². The highest BCUT2D eigenvalue weighted by Gasteiger charge is 2.34. The molecule has 1 aromatic carbocycles. The fourth-order valence-corrected chi connectivity index (χ4v) is 1.68. The lowest BCUT2D eigenvalue weighted by Gasteiger charge is -2.13. The monoisotopic (exact) mass is 269 g/mol. The first kappa shape index (κ1) is 13.2. The summed E-state index contributed by atoms with van der Waals surface area (Å²) in [5, 5.41) is 0. The lowest BCUT2D eigenvalue weighted by molar-refractivity contribution is -0.137. The predicted octanol–water partition coefficient (Wildman–Crippen LogP) is 3.72. The maximum atomic E-state index is 13.6. The van der Waals surface area contributed by atoms with Gasteiger partial charge in [-0.1, -0.05) is 0 Å². The second-order valence-electron chi connectivity index (χ2n) is 3.78. The van der Waals surface area contributed by atoms with Crippen molar-refractivity contribution in [3.8, 4) is 11.1 Å². The molecular weight excluding hydrogens is 262 g/mol. The minimum absolute atomic E-state index is 0.0911. The van der Waals surface area contributed by atoms with Gasteiger partial charge >= 0.3 is 6.18 Å². The van der Waals surface area contributed by atoms with E-state index in [1.807, 2.05) is 0 Å². The summed E-state index contributed by atoms with van der Waals surface area (Å²) in [5.74, 6) is -0.843. The van der Waals surface area contributed by atoms with Gasteiger partial charge in [0.25, 0.3) is 0 Å². The third-order valence-electron chi connectivity index (χ3n) is 2.54. The standard InChI is InChI=1S/C13H7F4NO/c14-12-2-1-8(7-19)5-9(12)10-6-18-4-3-11(10)13(15,16)17/h1-7H. The van der Waals surface area contributed by atoms with Crippen molar-refractivity contribution in [3.05, 3.63) is 53.6 Å². The summed E-state index contributed by atoms with van der Waals surface area (Å²) in [4.78, 5) is 14.2. The maximum absolute atomic E-state index is 13.6. The van der Waals surface area contributed by atoms with Crippen LogP contribution in [0.25, 0.3) is 11.1 Å². The third-order valence-corrected chi connectivity index (χ3v) is 2.54. The Kier molecular flexibility index (Phi) is 3.33. The van der Waals surface area contributed by atoms with Crippen LogP contribution in [0, 0.1) is 5.82 Å². The lowest BCUT2D eigenvalue weighted by Crippen LogP contribution is -2.08. The number of benzene rings is 1. The normalized spacial score (nSPS) is 11.4. The molecule has 0 bridgehead atoms. The number of pyridine rings is 1. The second-order valence-corrected chi connectivity index (χ2v) is 3.78. The molecule has 0 aliphatic rings. The maximum Gasteiger partial charge on any atom is 0.417 e. The number of halogens is 4. The Balaban J connectivity index is 2.69. The van der Waals surface area contributed by atoms with E-state index in [1.165, 1.54) is 6.07 Å². The molecule has 98 valence electrons. The first-order valence-electron chi connectivity index (χ1n) is 5.20. The van der Waals surface area contributed by atoms with Gasteiger partial charge in [0.2, 0.25) is 0 Å². The van der Waals surface area contributed by atoms with Crippen LogP contribution in [0.5, 0.6) is 0 Å². The van der Waals surface area contributed by atoms with Gasteiger partial charge in [0.1, 0.15) is 12.1 Å². The van der Waals surface area contributed by atoms with E-state index in [-0.39, 0.29) is 11.1 Å². The zero-order valence-electron chi connectivity index (χ0n) is 9.41. The number of aldehydes is 1. The molecule has 0 atom stereocenters. The van der Waals surface area contributed by atoms with Crippen LogP contribution in [0.3, 0.4) is 0 Å². The summed E-state index contributed by atoms with van der Waals surface area (Å²) in [6, 6.07) is 3.97. The molecular formula is C13H7F4NO. The predicted molar refractivity (Wildman–Crippen MR) is 60.0 cm³/mol. The topological polar surface area (TPSA) is 30.0 Å². The summed E-state index contributed by atoms with van der Waals surface area (Å²) in [7, 11) is 0. The van der Waals surface area contributed by atoms with E-state index in [0.717, 1.165) is 30.6 Å². The highest BCUT2D eigenvalue weighted by atomic mass is 19.4. The molecule has 19 heavy (non-hydrogen) atoms. The number of alkyl halides is 3. The van der Waals surface area contributed by atoms with Crippen LogP contribution >= 0.6 is 0 Å². The Bertz CT molecular complexity index is 622. The van der Waals surface area contributed by atoms with Gasteiger partial charge in [-0.05, 0) is 24.3 Å². The number of hydrogen-bond acceptors (Lipinski definition) is 2. The molecule has 0 spiro atoms. The summed E-state index contributed by atoms with van der Waals surface area (Å²) >= 11 is 0. The second kappa shape index (κ2) is 4.79. The molecule has 1 heterocycles. The molecule has 0 unspecified atom stereocenters. The number of rotatable bonds is 2. The van der Waals surface area contributed by atoms with Crippen LogP contribution < -0.4 is 0 Å². The van der Waals surface area contributed by atoms with Crippen molar-refractivity contribution in [2.45, 2.75) is 6.18 Å². The molecule has 6 heteroatoms. The first-order chi connectivity index (χ1) is 8.93. The summed E-state index contributed by atoms with van der Waals surface area (Å²) in [5.41, 5.74) is -1.60. The average molecular weight is 269 g/mol. The Morgan fingerprint density at radius 1 is 1.11 bits per heavy atom. The zero-order chi connectivity index (χ0) is 14.0. The molecule has 2 rings (SSSR count). The molecule has 0 saturated carbocycles. The Hall–Kier alpha value is -2.24. The van der Waals surface area contributed by atoms with E-state index in [0.29, 0.717) is 6.29 Å². The van der Waals surface area contributed by atoms with Gasteiger partial charge in [-0.2, -0.15) is 13.2 Å². The van der Waals surface area contributed by atoms with E-state index in [4.69, 9.17) is 0 Å². The number of aromatic nitrogens is 1. The molecule has 0 amide bonds. The van der Waals surface area contributed by atoms with E-state index in [2.05, 4.69) is 4.98 Å². The van der Waals surface area contributed by atoms with Crippen LogP contribution in [-0.4, -0.2) is 11.3 Å². The smallest absolute Gasteiger partial charge is 0.298 e. The van der Waals surface area contributed by atoms with Gasteiger partial charge in [-0.3, -0.25) is 9.78 Å².